The van der Waals surface area contributed by atoms with Crippen LogP contribution in [0.4, 0.5) is 0 Å². The van der Waals surface area contributed by atoms with Gasteiger partial charge in [0.2, 0.25) is 5.91 Å². The molecular formula is C22H33N3O3. The fourth-order valence-electron chi connectivity index (χ4n) is 4.43. The van der Waals surface area contributed by atoms with Crippen LogP contribution >= 0.6 is 0 Å². The predicted octanol–water partition coefficient (Wildman–Crippen LogP) is 2.68. The fraction of sp³-hybridized carbons (Fsp3) is 0.636. The Bertz CT molecular complexity index is 658. The van der Waals surface area contributed by atoms with E-state index in [-0.39, 0.29) is 17.9 Å². The summed E-state index contributed by atoms with van der Waals surface area (Å²) in [5.74, 6) is 0.945. The topological polar surface area (TPSA) is 61.9 Å². The van der Waals surface area contributed by atoms with Gasteiger partial charge in [-0.1, -0.05) is 0 Å². The predicted molar refractivity (Wildman–Crippen MR) is 110 cm³/mol. The maximum atomic E-state index is 12.8. The van der Waals surface area contributed by atoms with Gasteiger partial charge in [0.25, 0.3) is 5.91 Å². The maximum Gasteiger partial charge on any atom is 0.251 e. The highest BCUT2D eigenvalue weighted by molar-refractivity contribution is 5.94. The molecule has 2 saturated heterocycles. The van der Waals surface area contributed by atoms with Crippen LogP contribution in [0.5, 0.6) is 5.75 Å². The summed E-state index contributed by atoms with van der Waals surface area (Å²) in [7, 11) is 1.61. The highest BCUT2D eigenvalue weighted by Gasteiger charge is 2.30. The van der Waals surface area contributed by atoms with Gasteiger partial charge in [-0.3, -0.25) is 14.5 Å². The summed E-state index contributed by atoms with van der Waals surface area (Å²) in [6, 6.07) is 8.01. The Kier molecular flexibility index (Phi) is 6.94. The molecule has 0 aromatic heterocycles. The van der Waals surface area contributed by atoms with E-state index in [0.717, 1.165) is 44.5 Å². The summed E-state index contributed by atoms with van der Waals surface area (Å²) in [5.41, 5.74) is 0.645. The minimum absolute atomic E-state index is 0.0480. The molecule has 0 spiro atoms. The second-order valence-corrected chi connectivity index (χ2v) is 8.18. The van der Waals surface area contributed by atoms with Crippen LogP contribution in [0.3, 0.4) is 0 Å². The Morgan fingerprint density at radius 1 is 1.04 bits per heavy atom. The molecular weight excluding hydrogens is 354 g/mol. The zero-order valence-corrected chi connectivity index (χ0v) is 17.3. The summed E-state index contributed by atoms with van der Waals surface area (Å²) < 4.78 is 5.13. The third-order valence-electron chi connectivity index (χ3n) is 6.12. The molecule has 2 fully saturated rings. The van der Waals surface area contributed by atoms with E-state index in [0.29, 0.717) is 24.2 Å². The molecule has 3 rings (SSSR count). The zero-order valence-electron chi connectivity index (χ0n) is 17.3. The summed E-state index contributed by atoms with van der Waals surface area (Å²) in [6.45, 7) is 6.50. The highest BCUT2D eigenvalue weighted by Crippen LogP contribution is 2.23. The molecule has 2 aliphatic heterocycles. The van der Waals surface area contributed by atoms with Crippen molar-refractivity contribution in [3.05, 3.63) is 29.8 Å². The number of hydrogen-bond acceptors (Lipinski definition) is 4. The standard InChI is InChI=1S/C22H33N3O3/c1-16-5-4-6-17(2)25(16)21(26)15-24-13-11-19(12-14-24)23-22(27)18-7-9-20(28-3)10-8-18/h7-10,16-17,19H,4-6,11-15H2,1-3H3,(H,23,27). The number of benzene rings is 1. The molecule has 2 atom stereocenters. The van der Waals surface area contributed by atoms with Gasteiger partial charge in [-0.2, -0.15) is 0 Å². The molecule has 6 heteroatoms. The van der Waals surface area contributed by atoms with Crippen molar-refractivity contribution in [2.75, 3.05) is 26.7 Å². The molecule has 0 saturated carbocycles. The number of carbonyl (C=O) groups is 2. The van der Waals surface area contributed by atoms with Gasteiger partial charge in [-0.15, -0.1) is 0 Å². The molecule has 28 heavy (non-hydrogen) atoms. The van der Waals surface area contributed by atoms with Crippen LogP contribution in [0.15, 0.2) is 24.3 Å². The van der Waals surface area contributed by atoms with Crippen molar-refractivity contribution < 1.29 is 14.3 Å². The average Bonchev–Trinajstić information content (AvgIpc) is 2.69. The molecule has 0 bridgehead atoms. The van der Waals surface area contributed by atoms with E-state index in [9.17, 15) is 9.59 Å². The lowest BCUT2D eigenvalue weighted by molar-refractivity contribution is -0.138. The van der Waals surface area contributed by atoms with Crippen LogP contribution in [-0.4, -0.2) is 66.5 Å². The number of nitrogens with zero attached hydrogens (tertiary/aromatic N) is 2. The molecule has 2 amide bonds. The van der Waals surface area contributed by atoms with E-state index in [1.54, 1.807) is 31.4 Å². The van der Waals surface area contributed by atoms with E-state index < -0.39 is 0 Å². The number of amides is 2. The normalized spacial score (nSPS) is 24.0. The Balaban J connectivity index is 1.45. The quantitative estimate of drug-likeness (QED) is 0.844. The van der Waals surface area contributed by atoms with Crippen LogP contribution in [-0.2, 0) is 4.79 Å². The molecule has 2 unspecified atom stereocenters. The third-order valence-corrected chi connectivity index (χ3v) is 6.12. The van der Waals surface area contributed by atoms with E-state index in [1.807, 2.05) is 0 Å². The number of methoxy groups -OCH3 is 1. The van der Waals surface area contributed by atoms with Gasteiger partial charge in [0, 0.05) is 36.8 Å². The Morgan fingerprint density at radius 3 is 2.21 bits per heavy atom. The largest absolute Gasteiger partial charge is 0.497 e. The number of hydrogen-bond donors (Lipinski definition) is 1. The van der Waals surface area contributed by atoms with Crippen molar-refractivity contribution in [1.29, 1.82) is 0 Å². The van der Waals surface area contributed by atoms with Crippen LogP contribution in [0.25, 0.3) is 0 Å². The first-order chi connectivity index (χ1) is 13.5. The number of likely N-dealkylation sites (tertiary alicyclic amines) is 2. The summed E-state index contributed by atoms with van der Waals surface area (Å²) in [6.07, 6.45) is 5.18. The lowest BCUT2D eigenvalue weighted by atomic mass is 9.97. The van der Waals surface area contributed by atoms with Crippen molar-refractivity contribution in [2.24, 2.45) is 0 Å². The van der Waals surface area contributed by atoms with E-state index in [2.05, 4.69) is 29.0 Å². The number of piperidine rings is 2. The van der Waals surface area contributed by atoms with Crippen LogP contribution < -0.4 is 10.1 Å². The van der Waals surface area contributed by atoms with Crippen LogP contribution in [0.1, 0.15) is 56.3 Å². The molecule has 1 N–H and O–H groups in total. The minimum Gasteiger partial charge on any atom is -0.497 e. The first-order valence-corrected chi connectivity index (χ1v) is 10.5. The fourth-order valence-corrected chi connectivity index (χ4v) is 4.43. The van der Waals surface area contributed by atoms with E-state index in [4.69, 9.17) is 4.74 Å². The smallest absolute Gasteiger partial charge is 0.251 e. The van der Waals surface area contributed by atoms with Crippen LogP contribution in [0.2, 0.25) is 0 Å². The van der Waals surface area contributed by atoms with Gasteiger partial charge in [-0.25, -0.2) is 0 Å². The number of nitrogens with one attached hydrogen (secondary N) is 1. The second-order valence-electron chi connectivity index (χ2n) is 8.18. The Labute approximate surface area is 168 Å². The third kappa shape index (κ3) is 5.04. The van der Waals surface area contributed by atoms with Gasteiger partial charge in [0.05, 0.1) is 13.7 Å². The van der Waals surface area contributed by atoms with Crippen molar-refractivity contribution in [3.63, 3.8) is 0 Å². The molecule has 2 aliphatic rings. The number of ether oxygens (including phenoxy) is 1. The maximum absolute atomic E-state index is 12.8. The summed E-state index contributed by atoms with van der Waals surface area (Å²) in [5, 5.41) is 3.12. The SMILES string of the molecule is COc1ccc(C(=O)NC2CCN(CC(=O)N3C(C)CCCC3C)CC2)cc1. The van der Waals surface area contributed by atoms with Gasteiger partial charge in [0.15, 0.2) is 0 Å². The Morgan fingerprint density at radius 2 is 1.64 bits per heavy atom. The zero-order chi connectivity index (χ0) is 20.1. The molecule has 0 aliphatic carbocycles. The van der Waals surface area contributed by atoms with Gasteiger partial charge in [-0.05, 0) is 70.2 Å². The second kappa shape index (κ2) is 9.41. The molecule has 1 aromatic rings. The van der Waals surface area contributed by atoms with Gasteiger partial charge >= 0.3 is 0 Å². The number of rotatable bonds is 5. The average molecular weight is 388 g/mol. The first-order valence-electron chi connectivity index (χ1n) is 10.5. The van der Waals surface area contributed by atoms with Crippen molar-refractivity contribution in [3.8, 4) is 5.75 Å². The Hall–Kier alpha value is -2.08. The molecule has 154 valence electrons. The van der Waals surface area contributed by atoms with E-state index in [1.165, 1.54) is 6.42 Å². The molecule has 0 radical (unpaired) electrons. The van der Waals surface area contributed by atoms with Crippen LogP contribution in [0, 0.1) is 0 Å². The summed E-state index contributed by atoms with van der Waals surface area (Å²) >= 11 is 0. The molecule has 1 aromatic carbocycles. The molecule has 2 heterocycles. The summed E-state index contributed by atoms with van der Waals surface area (Å²) in [4.78, 5) is 29.5. The van der Waals surface area contributed by atoms with Gasteiger partial charge < -0.3 is 15.0 Å². The lowest BCUT2D eigenvalue weighted by Crippen LogP contribution is -2.53. The highest BCUT2D eigenvalue weighted by atomic mass is 16.5. The first kappa shape index (κ1) is 20.6. The van der Waals surface area contributed by atoms with Crippen molar-refractivity contribution in [1.82, 2.24) is 15.1 Å². The number of carbonyl (C=O) groups excluding carboxylic acids is 2. The monoisotopic (exact) mass is 387 g/mol. The lowest BCUT2D eigenvalue weighted by Gasteiger charge is -2.41. The van der Waals surface area contributed by atoms with E-state index >= 15 is 0 Å². The van der Waals surface area contributed by atoms with Gasteiger partial charge in [0.1, 0.15) is 5.75 Å². The minimum atomic E-state index is -0.0480. The van der Waals surface area contributed by atoms with Crippen molar-refractivity contribution >= 4 is 11.8 Å². The molecule has 6 nitrogen and oxygen atoms in total. The van der Waals surface area contributed by atoms with Crippen molar-refractivity contribution in [2.45, 2.75) is 64.1 Å².